The molecule has 2 aromatic heterocycles. The van der Waals surface area contributed by atoms with Crippen LogP contribution in [0.1, 0.15) is 11.3 Å². The van der Waals surface area contributed by atoms with Crippen LogP contribution in [0.15, 0.2) is 64.5 Å². The van der Waals surface area contributed by atoms with Crippen LogP contribution >= 0.6 is 11.8 Å². The quantitative estimate of drug-likeness (QED) is 0.445. The molecule has 0 atom stereocenters. The molecule has 0 aliphatic rings. The fourth-order valence-corrected chi connectivity index (χ4v) is 3.54. The first-order chi connectivity index (χ1) is 12.1. The van der Waals surface area contributed by atoms with E-state index in [1.807, 2.05) is 66.0 Å². The van der Waals surface area contributed by atoms with Crippen LogP contribution in [0, 0.1) is 13.8 Å². The minimum atomic E-state index is 0.611. The van der Waals surface area contributed by atoms with Gasteiger partial charge in [-0.2, -0.15) is 9.50 Å². The molecule has 0 fully saturated rings. The Morgan fingerprint density at radius 2 is 1.64 bits per heavy atom. The van der Waals surface area contributed by atoms with Gasteiger partial charge < -0.3 is 5.73 Å². The second kappa shape index (κ2) is 6.22. The minimum absolute atomic E-state index is 0.611. The van der Waals surface area contributed by atoms with Crippen molar-refractivity contribution in [2.45, 2.75) is 23.8 Å². The van der Waals surface area contributed by atoms with Gasteiger partial charge in [0.2, 0.25) is 0 Å². The minimum Gasteiger partial charge on any atom is -0.399 e. The normalized spacial score (nSPS) is 11.1. The lowest BCUT2D eigenvalue weighted by atomic mass is 10.2. The number of hydrogen-bond acceptors (Lipinski definition) is 5. The lowest BCUT2D eigenvalue weighted by Gasteiger charge is -2.09. The van der Waals surface area contributed by atoms with E-state index in [4.69, 9.17) is 10.8 Å². The van der Waals surface area contributed by atoms with E-state index in [1.54, 1.807) is 11.8 Å². The second-order valence-electron chi connectivity index (χ2n) is 5.81. The highest BCUT2D eigenvalue weighted by molar-refractivity contribution is 7.99. The zero-order valence-corrected chi connectivity index (χ0v) is 14.8. The Bertz CT molecular complexity index is 1040. The van der Waals surface area contributed by atoms with Crippen molar-refractivity contribution in [3.63, 3.8) is 0 Å². The third kappa shape index (κ3) is 2.96. The van der Waals surface area contributed by atoms with Crippen molar-refractivity contribution >= 4 is 23.2 Å². The molecule has 124 valence electrons. The summed E-state index contributed by atoms with van der Waals surface area (Å²) in [6.45, 7) is 4.06. The summed E-state index contributed by atoms with van der Waals surface area (Å²) in [6.07, 6.45) is 0. The predicted molar refractivity (Wildman–Crippen MR) is 101 cm³/mol. The number of benzene rings is 2. The topological polar surface area (TPSA) is 69.1 Å². The van der Waals surface area contributed by atoms with E-state index in [2.05, 4.69) is 16.9 Å². The summed E-state index contributed by atoms with van der Waals surface area (Å²) < 4.78 is 1.83. The summed E-state index contributed by atoms with van der Waals surface area (Å²) in [5, 5.41) is 5.71. The Balaban J connectivity index is 1.85. The van der Waals surface area contributed by atoms with Gasteiger partial charge >= 0.3 is 0 Å². The summed E-state index contributed by atoms with van der Waals surface area (Å²) >= 11 is 1.64. The monoisotopic (exact) mass is 347 g/mol. The lowest BCUT2D eigenvalue weighted by Crippen LogP contribution is -2.01. The van der Waals surface area contributed by atoms with Gasteiger partial charge in [0.15, 0.2) is 5.82 Å². The van der Waals surface area contributed by atoms with Crippen molar-refractivity contribution in [1.29, 1.82) is 0 Å². The molecule has 0 bridgehead atoms. The van der Waals surface area contributed by atoms with Gasteiger partial charge in [0.25, 0.3) is 5.78 Å². The van der Waals surface area contributed by atoms with E-state index in [0.29, 0.717) is 11.6 Å². The summed E-state index contributed by atoms with van der Waals surface area (Å²) in [4.78, 5) is 10.3. The molecule has 2 heterocycles. The van der Waals surface area contributed by atoms with Crippen LogP contribution < -0.4 is 5.73 Å². The zero-order chi connectivity index (χ0) is 17.4. The van der Waals surface area contributed by atoms with Crippen LogP contribution in [0.25, 0.3) is 17.2 Å². The molecule has 4 aromatic rings. The molecule has 0 radical (unpaired) electrons. The smallest absolute Gasteiger partial charge is 0.254 e. The number of rotatable bonds is 3. The number of aromatic nitrogens is 4. The van der Waals surface area contributed by atoms with Gasteiger partial charge in [-0.25, -0.2) is 4.98 Å². The molecule has 0 unspecified atom stereocenters. The van der Waals surface area contributed by atoms with Crippen molar-refractivity contribution < 1.29 is 0 Å². The highest BCUT2D eigenvalue weighted by atomic mass is 32.2. The Hall–Kier alpha value is -2.86. The Kier molecular flexibility index (Phi) is 3.89. The maximum Gasteiger partial charge on any atom is 0.254 e. The Labute approximate surface area is 149 Å². The van der Waals surface area contributed by atoms with Gasteiger partial charge in [0.05, 0.1) is 0 Å². The fraction of sp³-hybridized carbons (Fsp3) is 0.105. The van der Waals surface area contributed by atoms with E-state index >= 15 is 0 Å². The largest absolute Gasteiger partial charge is 0.399 e. The van der Waals surface area contributed by atoms with E-state index in [9.17, 15) is 0 Å². The fourth-order valence-electron chi connectivity index (χ4n) is 2.54. The van der Waals surface area contributed by atoms with Gasteiger partial charge in [-0.1, -0.05) is 42.1 Å². The van der Waals surface area contributed by atoms with E-state index < -0.39 is 0 Å². The van der Waals surface area contributed by atoms with E-state index in [0.717, 1.165) is 32.4 Å². The van der Waals surface area contributed by atoms with Crippen LogP contribution in [-0.2, 0) is 0 Å². The maximum atomic E-state index is 5.79. The van der Waals surface area contributed by atoms with Crippen molar-refractivity contribution in [3.05, 3.63) is 65.9 Å². The van der Waals surface area contributed by atoms with Crippen LogP contribution in [0.4, 0.5) is 5.69 Å². The summed E-state index contributed by atoms with van der Waals surface area (Å²) in [5.41, 5.74) is 9.57. The first-order valence-corrected chi connectivity index (χ1v) is 8.76. The number of hydrogen-bond donors (Lipinski definition) is 1. The van der Waals surface area contributed by atoms with Crippen molar-refractivity contribution in [1.82, 2.24) is 19.6 Å². The molecule has 0 amide bonds. The number of aryl methyl sites for hydroxylation is 1. The van der Waals surface area contributed by atoms with Crippen molar-refractivity contribution in [3.8, 4) is 11.4 Å². The second-order valence-corrected chi connectivity index (χ2v) is 6.87. The molecule has 0 saturated heterocycles. The molecular weight excluding hydrogens is 330 g/mol. The summed E-state index contributed by atoms with van der Waals surface area (Å²) in [7, 11) is 0. The standard InChI is InChI=1S/C19H17N5S/c1-12-13(2)21-19-22-17(14-6-4-3-5-7-14)23-24(19)18(12)25-16-10-8-15(20)9-11-16/h3-11H,20H2,1-2H3. The molecule has 0 spiro atoms. The lowest BCUT2D eigenvalue weighted by molar-refractivity contribution is 0.816. The number of anilines is 1. The Morgan fingerprint density at radius 1 is 0.920 bits per heavy atom. The molecule has 6 heteroatoms. The third-order valence-corrected chi connectivity index (χ3v) is 5.22. The van der Waals surface area contributed by atoms with Crippen LogP contribution in [0.3, 0.4) is 0 Å². The molecular formula is C19H17N5S. The first kappa shape index (κ1) is 15.7. The zero-order valence-electron chi connectivity index (χ0n) is 14.0. The van der Waals surface area contributed by atoms with Gasteiger partial charge in [-0.15, -0.1) is 5.10 Å². The average Bonchev–Trinajstić information content (AvgIpc) is 3.05. The van der Waals surface area contributed by atoms with Crippen LogP contribution in [-0.4, -0.2) is 19.6 Å². The highest BCUT2D eigenvalue weighted by Crippen LogP contribution is 2.32. The predicted octanol–water partition coefficient (Wildman–Crippen LogP) is 4.14. The van der Waals surface area contributed by atoms with Gasteiger partial charge in [-0.05, 0) is 38.1 Å². The number of nitrogens with zero attached hydrogens (tertiary/aromatic N) is 4. The van der Waals surface area contributed by atoms with E-state index in [1.165, 1.54) is 0 Å². The summed E-state index contributed by atoms with van der Waals surface area (Å²) in [6, 6.07) is 17.8. The average molecular weight is 347 g/mol. The molecule has 0 saturated carbocycles. The van der Waals surface area contributed by atoms with Gasteiger partial charge in [0, 0.05) is 27.4 Å². The Morgan fingerprint density at radius 3 is 2.36 bits per heavy atom. The highest BCUT2D eigenvalue weighted by Gasteiger charge is 2.15. The van der Waals surface area contributed by atoms with Crippen LogP contribution in [0.5, 0.6) is 0 Å². The van der Waals surface area contributed by atoms with Crippen molar-refractivity contribution in [2.24, 2.45) is 0 Å². The molecule has 2 N–H and O–H groups in total. The SMILES string of the molecule is Cc1nc2nc(-c3ccccc3)nn2c(Sc2ccc(N)cc2)c1C. The molecule has 0 aliphatic heterocycles. The van der Waals surface area contributed by atoms with Gasteiger partial charge in [0.1, 0.15) is 5.03 Å². The van der Waals surface area contributed by atoms with Crippen LogP contribution in [0.2, 0.25) is 0 Å². The maximum absolute atomic E-state index is 5.79. The summed E-state index contributed by atoms with van der Waals surface area (Å²) in [5.74, 6) is 1.29. The van der Waals surface area contributed by atoms with Gasteiger partial charge in [-0.3, -0.25) is 0 Å². The van der Waals surface area contributed by atoms with Crippen molar-refractivity contribution in [2.75, 3.05) is 5.73 Å². The number of nitrogens with two attached hydrogens (primary N) is 1. The van der Waals surface area contributed by atoms with E-state index in [-0.39, 0.29) is 0 Å². The number of fused-ring (bicyclic) bond motifs is 1. The molecule has 4 rings (SSSR count). The molecule has 2 aromatic carbocycles. The third-order valence-electron chi connectivity index (χ3n) is 4.04. The number of nitrogen functional groups attached to an aromatic ring is 1. The molecule has 25 heavy (non-hydrogen) atoms. The molecule has 0 aliphatic carbocycles. The molecule has 5 nitrogen and oxygen atoms in total. The first-order valence-electron chi connectivity index (χ1n) is 7.94.